The number of alkyl halides is 1. The predicted molar refractivity (Wildman–Crippen MR) is 72.7 cm³/mol. The fourth-order valence-corrected chi connectivity index (χ4v) is 2.69. The van der Waals surface area contributed by atoms with Gasteiger partial charge in [-0.1, -0.05) is 12.1 Å². The van der Waals surface area contributed by atoms with Crippen LogP contribution in [0.1, 0.15) is 41.6 Å². The van der Waals surface area contributed by atoms with Crippen molar-refractivity contribution < 1.29 is 4.79 Å². The van der Waals surface area contributed by atoms with Crippen molar-refractivity contribution in [2.24, 2.45) is 11.8 Å². The molecule has 1 N–H and O–H groups in total. The molecule has 0 atom stereocenters. The van der Waals surface area contributed by atoms with Crippen LogP contribution in [-0.4, -0.2) is 11.9 Å². The lowest BCUT2D eigenvalue weighted by molar-refractivity contribution is 0.0926. The molecule has 2 aliphatic rings. The highest BCUT2D eigenvalue weighted by atomic mass is 35.5. The van der Waals surface area contributed by atoms with Crippen molar-refractivity contribution in [1.82, 2.24) is 5.32 Å². The number of rotatable bonds is 5. The maximum absolute atomic E-state index is 12.2. The minimum absolute atomic E-state index is 0.0694. The lowest BCUT2D eigenvalue weighted by Crippen LogP contribution is -2.38. The highest BCUT2D eigenvalue weighted by Crippen LogP contribution is 2.44. The summed E-state index contributed by atoms with van der Waals surface area (Å²) in [5, 5.41) is 3.22. The average Bonchev–Trinajstić information content (AvgIpc) is 3.29. The van der Waals surface area contributed by atoms with Gasteiger partial charge in [0.2, 0.25) is 0 Å². The van der Waals surface area contributed by atoms with E-state index in [4.69, 9.17) is 11.6 Å². The highest BCUT2D eigenvalue weighted by molar-refractivity contribution is 6.17. The van der Waals surface area contributed by atoms with Crippen molar-refractivity contribution in [3.63, 3.8) is 0 Å². The molecule has 1 aromatic rings. The number of hydrogen-bond donors (Lipinski definition) is 1. The molecule has 0 heterocycles. The number of carbonyl (C=O) groups excluding carboxylic acids is 1. The number of carbonyl (C=O) groups is 1. The minimum atomic E-state index is 0.0694. The van der Waals surface area contributed by atoms with Gasteiger partial charge in [0.05, 0.1) is 0 Å². The Balaban J connectivity index is 1.65. The van der Waals surface area contributed by atoms with Crippen LogP contribution in [0, 0.1) is 11.8 Å². The number of nitrogens with one attached hydrogen (secondary N) is 1. The number of benzene rings is 1. The molecule has 0 unspecified atom stereocenters. The lowest BCUT2D eigenvalue weighted by Gasteiger charge is -2.17. The van der Waals surface area contributed by atoms with E-state index in [1.165, 1.54) is 25.7 Å². The van der Waals surface area contributed by atoms with Crippen molar-refractivity contribution in [2.45, 2.75) is 37.6 Å². The first kappa shape index (κ1) is 12.0. The second-order valence-corrected chi connectivity index (χ2v) is 5.77. The third kappa shape index (κ3) is 2.69. The number of halogens is 1. The Morgan fingerprint density at radius 1 is 1.17 bits per heavy atom. The molecule has 3 rings (SSSR count). The molecule has 96 valence electrons. The van der Waals surface area contributed by atoms with Crippen LogP contribution < -0.4 is 5.32 Å². The Morgan fingerprint density at radius 2 is 1.72 bits per heavy atom. The standard InChI is InChI=1S/C15H18ClNO/c16-9-10-1-3-13(4-2-10)15(18)17-14(11-5-6-11)12-7-8-12/h1-4,11-12,14H,5-9H2,(H,17,18). The van der Waals surface area contributed by atoms with Gasteiger partial charge in [0.25, 0.3) is 5.91 Å². The largest absolute Gasteiger partial charge is 0.349 e. The zero-order valence-electron chi connectivity index (χ0n) is 10.4. The molecule has 0 saturated heterocycles. The SMILES string of the molecule is O=C(NC(C1CC1)C1CC1)c1ccc(CCl)cc1. The van der Waals surface area contributed by atoms with Gasteiger partial charge in [-0.15, -0.1) is 11.6 Å². The van der Waals surface area contributed by atoms with Gasteiger partial charge in [0.15, 0.2) is 0 Å². The molecule has 0 aliphatic heterocycles. The summed E-state index contributed by atoms with van der Waals surface area (Å²) in [6.45, 7) is 0. The Morgan fingerprint density at radius 3 is 2.17 bits per heavy atom. The molecular formula is C15H18ClNO. The van der Waals surface area contributed by atoms with Crippen LogP contribution in [0.5, 0.6) is 0 Å². The zero-order chi connectivity index (χ0) is 12.5. The van der Waals surface area contributed by atoms with E-state index in [9.17, 15) is 4.79 Å². The molecule has 18 heavy (non-hydrogen) atoms. The van der Waals surface area contributed by atoms with Gasteiger partial charge in [-0.2, -0.15) is 0 Å². The minimum Gasteiger partial charge on any atom is -0.349 e. The first-order chi connectivity index (χ1) is 8.78. The molecule has 1 aromatic carbocycles. The Bertz CT molecular complexity index is 422. The Labute approximate surface area is 113 Å². The Kier molecular flexibility index (Phi) is 3.29. The van der Waals surface area contributed by atoms with Crippen LogP contribution in [-0.2, 0) is 5.88 Å². The smallest absolute Gasteiger partial charge is 0.251 e. The fraction of sp³-hybridized carbons (Fsp3) is 0.533. The van der Waals surface area contributed by atoms with Gasteiger partial charge in [-0.25, -0.2) is 0 Å². The van der Waals surface area contributed by atoms with E-state index in [0.717, 1.165) is 23.0 Å². The normalized spacial score (nSPS) is 19.0. The average molecular weight is 264 g/mol. The summed E-state index contributed by atoms with van der Waals surface area (Å²) in [5.41, 5.74) is 1.80. The highest BCUT2D eigenvalue weighted by Gasteiger charge is 2.42. The molecule has 2 nitrogen and oxygen atoms in total. The molecular weight excluding hydrogens is 246 g/mol. The second kappa shape index (κ2) is 4.93. The van der Waals surface area contributed by atoms with Crippen molar-refractivity contribution in [3.05, 3.63) is 35.4 Å². The van der Waals surface area contributed by atoms with E-state index < -0.39 is 0 Å². The third-order valence-corrected chi connectivity index (χ3v) is 4.24. The molecule has 0 spiro atoms. The van der Waals surface area contributed by atoms with E-state index >= 15 is 0 Å². The van der Waals surface area contributed by atoms with Gasteiger partial charge in [-0.05, 0) is 55.2 Å². The van der Waals surface area contributed by atoms with Gasteiger partial charge in [-0.3, -0.25) is 4.79 Å². The van der Waals surface area contributed by atoms with Crippen LogP contribution in [0.3, 0.4) is 0 Å². The van der Waals surface area contributed by atoms with Crippen molar-refractivity contribution in [1.29, 1.82) is 0 Å². The van der Waals surface area contributed by atoms with E-state index in [0.29, 0.717) is 11.9 Å². The first-order valence-corrected chi connectivity index (χ1v) is 7.27. The van der Waals surface area contributed by atoms with E-state index in [2.05, 4.69) is 5.32 Å². The van der Waals surface area contributed by atoms with E-state index in [1.807, 2.05) is 24.3 Å². The first-order valence-electron chi connectivity index (χ1n) is 6.73. The number of hydrogen-bond acceptors (Lipinski definition) is 1. The van der Waals surface area contributed by atoms with Crippen molar-refractivity contribution >= 4 is 17.5 Å². The predicted octanol–water partition coefficient (Wildman–Crippen LogP) is 3.34. The van der Waals surface area contributed by atoms with Crippen LogP contribution in [0.15, 0.2) is 24.3 Å². The maximum atomic E-state index is 12.2. The van der Waals surface area contributed by atoms with Gasteiger partial charge >= 0.3 is 0 Å². The Hall–Kier alpha value is -1.02. The molecule has 2 saturated carbocycles. The summed E-state index contributed by atoms with van der Waals surface area (Å²) in [6, 6.07) is 8.00. The molecule has 1 amide bonds. The van der Waals surface area contributed by atoms with Crippen LogP contribution in [0.25, 0.3) is 0 Å². The zero-order valence-corrected chi connectivity index (χ0v) is 11.1. The molecule has 2 fully saturated rings. The molecule has 0 aromatic heterocycles. The van der Waals surface area contributed by atoms with Gasteiger partial charge in [0.1, 0.15) is 0 Å². The quantitative estimate of drug-likeness (QED) is 0.811. The monoisotopic (exact) mass is 263 g/mol. The topological polar surface area (TPSA) is 29.1 Å². The maximum Gasteiger partial charge on any atom is 0.251 e. The summed E-state index contributed by atoms with van der Waals surface area (Å²) >= 11 is 5.74. The van der Waals surface area contributed by atoms with Crippen LogP contribution in [0.4, 0.5) is 0 Å². The summed E-state index contributed by atoms with van der Waals surface area (Å²) in [7, 11) is 0. The fourth-order valence-electron chi connectivity index (χ4n) is 2.51. The van der Waals surface area contributed by atoms with E-state index in [1.54, 1.807) is 0 Å². The summed E-state index contributed by atoms with van der Waals surface area (Å²) in [5.74, 6) is 2.04. The lowest BCUT2D eigenvalue weighted by atomic mass is 10.1. The molecule has 0 radical (unpaired) electrons. The van der Waals surface area contributed by atoms with Crippen LogP contribution in [0.2, 0.25) is 0 Å². The summed E-state index contributed by atoms with van der Waals surface area (Å²) in [6.07, 6.45) is 5.14. The summed E-state index contributed by atoms with van der Waals surface area (Å²) < 4.78 is 0. The third-order valence-electron chi connectivity index (χ3n) is 3.93. The summed E-state index contributed by atoms with van der Waals surface area (Å²) in [4.78, 5) is 12.2. The van der Waals surface area contributed by atoms with Gasteiger partial charge < -0.3 is 5.32 Å². The molecule has 0 bridgehead atoms. The van der Waals surface area contributed by atoms with Crippen LogP contribution >= 0.6 is 11.6 Å². The second-order valence-electron chi connectivity index (χ2n) is 5.50. The van der Waals surface area contributed by atoms with Gasteiger partial charge in [0, 0.05) is 17.5 Å². The number of amides is 1. The molecule has 2 aliphatic carbocycles. The molecule has 3 heteroatoms. The van der Waals surface area contributed by atoms with Crippen molar-refractivity contribution in [2.75, 3.05) is 0 Å². The van der Waals surface area contributed by atoms with E-state index in [-0.39, 0.29) is 5.91 Å². The van der Waals surface area contributed by atoms with Crippen molar-refractivity contribution in [3.8, 4) is 0 Å².